The van der Waals surface area contributed by atoms with Crippen LogP contribution >= 0.6 is 31.9 Å². The Morgan fingerprint density at radius 3 is 2.28 bits per heavy atom. The van der Waals surface area contributed by atoms with E-state index in [1.807, 2.05) is 24.3 Å². The van der Waals surface area contributed by atoms with Crippen molar-refractivity contribution in [3.8, 4) is 11.8 Å². The molecule has 0 unspecified atom stereocenters. The van der Waals surface area contributed by atoms with E-state index in [2.05, 4.69) is 42.5 Å². The highest BCUT2D eigenvalue weighted by atomic mass is 79.9. The summed E-state index contributed by atoms with van der Waals surface area (Å²) in [6.45, 7) is -0.150. The lowest BCUT2D eigenvalue weighted by Crippen LogP contribution is -2.20. The van der Waals surface area contributed by atoms with E-state index < -0.39 is 5.91 Å². The number of rotatable bonds is 7. The van der Waals surface area contributed by atoms with Crippen LogP contribution in [0.25, 0.3) is 6.08 Å². The molecule has 3 aromatic rings. The van der Waals surface area contributed by atoms with E-state index in [9.17, 15) is 14.9 Å². The quantitative estimate of drug-likeness (QED) is 0.286. The first kappa shape index (κ1) is 23.3. The summed E-state index contributed by atoms with van der Waals surface area (Å²) in [6.07, 6.45) is 1.48. The van der Waals surface area contributed by atoms with Gasteiger partial charge < -0.3 is 15.4 Å². The Labute approximate surface area is 202 Å². The van der Waals surface area contributed by atoms with Gasteiger partial charge in [-0.05, 0) is 76.1 Å². The zero-order valence-electron chi connectivity index (χ0n) is 16.6. The maximum atomic E-state index is 12.4. The molecule has 0 atom stereocenters. The summed E-state index contributed by atoms with van der Waals surface area (Å²) in [4.78, 5) is 24.4. The van der Waals surface area contributed by atoms with Crippen LogP contribution in [-0.4, -0.2) is 18.4 Å². The maximum Gasteiger partial charge on any atom is 0.266 e. The van der Waals surface area contributed by atoms with Gasteiger partial charge in [-0.3, -0.25) is 9.59 Å². The number of hydrogen-bond donors (Lipinski definition) is 2. The van der Waals surface area contributed by atoms with E-state index in [1.54, 1.807) is 54.6 Å². The molecule has 0 heterocycles. The molecule has 0 aliphatic heterocycles. The monoisotopic (exact) mass is 553 g/mol. The molecule has 0 fully saturated rings. The summed E-state index contributed by atoms with van der Waals surface area (Å²) in [5.74, 6) is -0.305. The summed E-state index contributed by atoms with van der Waals surface area (Å²) >= 11 is 6.70. The number of amides is 2. The molecule has 32 heavy (non-hydrogen) atoms. The molecule has 2 amide bonds. The van der Waals surface area contributed by atoms with Crippen molar-refractivity contribution in [2.24, 2.45) is 0 Å². The van der Waals surface area contributed by atoms with Crippen LogP contribution in [0.3, 0.4) is 0 Å². The van der Waals surface area contributed by atoms with E-state index in [-0.39, 0.29) is 18.1 Å². The molecule has 160 valence electrons. The number of ether oxygens (including phenoxy) is 1. The third-order valence-electron chi connectivity index (χ3n) is 4.18. The number of hydrogen-bond acceptors (Lipinski definition) is 4. The average molecular weight is 555 g/mol. The number of carbonyl (C=O) groups is 2. The minimum atomic E-state index is -0.510. The summed E-state index contributed by atoms with van der Waals surface area (Å²) in [5, 5.41) is 14.8. The van der Waals surface area contributed by atoms with Gasteiger partial charge in [-0.1, -0.05) is 40.2 Å². The van der Waals surface area contributed by atoms with Crippen LogP contribution in [0.5, 0.6) is 5.75 Å². The molecule has 8 heteroatoms. The van der Waals surface area contributed by atoms with E-state index in [0.29, 0.717) is 22.7 Å². The molecule has 6 nitrogen and oxygen atoms in total. The van der Waals surface area contributed by atoms with Crippen LogP contribution in [0.15, 0.2) is 87.3 Å². The van der Waals surface area contributed by atoms with Gasteiger partial charge in [0.25, 0.3) is 11.8 Å². The Balaban J connectivity index is 1.57. The number of benzene rings is 3. The Hall–Kier alpha value is -3.41. The van der Waals surface area contributed by atoms with Crippen LogP contribution in [0.2, 0.25) is 0 Å². The molecule has 0 aliphatic carbocycles. The fourth-order valence-electron chi connectivity index (χ4n) is 2.61. The molecule has 3 aromatic carbocycles. The van der Waals surface area contributed by atoms with Crippen molar-refractivity contribution in [1.29, 1.82) is 5.26 Å². The van der Waals surface area contributed by atoms with Crippen molar-refractivity contribution < 1.29 is 14.3 Å². The number of para-hydroxylation sites is 1. The summed E-state index contributed by atoms with van der Waals surface area (Å²) in [6, 6.07) is 23.0. The van der Waals surface area contributed by atoms with Crippen molar-refractivity contribution in [2.75, 3.05) is 17.2 Å². The van der Waals surface area contributed by atoms with Gasteiger partial charge in [0.1, 0.15) is 17.4 Å². The molecule has 3 rings (SSSR count). The van der Waals surface area contributed by atoms with Gasteiger partial charge in [0.2, 0.25) is 0 Å². The minimum Gasteiger partial charge on any atom is -0.484 e. The number of nitrogens with zero attached hydrogens (tertiary/aromatic N) is 1. The standard InChI is InChI=1S/C24H17Br2N3O3/c25-18-7-9-19(10-8-18)28-23(30)15-32-20-11-5-16(6-12-20)13-17(14-27)24(31)29-22-4-2-1-3-21(22)26/h1-13H,15H2,(H,28,30)(H,29,31)/b17-13+. The van der Waals surface area contributed by atoms with Crippen LogP contribution in [0.4, 0.5) is 11.4 Å². The van der Waals surface area contributed by atoms with E-state index >= 15 is 0 Å². The fourth-order valence-corrected chi connectivity index (χ4v) is 3.26. The Bertz CT molecular complexity index is 1180. The first-order valence-corrected chi connectivity index (χ1v) is 11.0. The maximum absolute atomic E-state index is 12.4. The molecule has 0 bridgehead atoms. The smallest absolute Gasteiger partial charge is 0.266 e. The van der Waals surface area contributed by atoms with Gasteiger partial charge in [0, 0.05) is 14.6 Å². The van der Waals surface area contributed by atoms with Crippen LogP contribution in [-0.2, 0) is 9.59 Å². The van der Waals surface area contributed by atoms with Gasteiger partial charge in [-0.2, -0.15) is 5.26 Å². The SMILES string of the molecule is N#C/C(=C\c1ccc(OCC(=O)Nc2ccc(Br)cc2)cc1)C(=O)Nc1ccccc1Br. The van der Waals surface area contributed by atoms with E-state index in [0.717, 1.165) is 8.95 Å². The topological polar surface area (TPSA) is 91.2 Å². The van der Waals surface area contributed by atoms with Crippen molar-refractivity contribution in [3.63, 3.8) is 0 Å². The van der Waals surface area contributed by atoms with Crippen molar-refractivity contribution in [3.05, 3.63) is 92.9 Å². The number of nitriles is 1. The highest BCUT2D eigenvalue weighted by molar-refractivity contribution is 9.10. The summed E-state index contributed by atoms with van der Waals surface area (Å²) in [5.41, 5.74) is 1.86. The predicted octanol–water partition coefficient (Wildman–Crippen LogP) is 5.77. The third kappa shape index (κ3) is 6.80. The molecule has 0 radical (unpaired) electrons. The minimum absolute atomic E-state index is 0.0386. The number of halogens is 2. The van der Waals surface area contributed by atoms with Crippen LogP contribution in [0, 0.1) is 11.3 Å². The molecule has 0 spiro atoms. The van der Waals surface area contributed by atoms with E-state index in [4.69, 9.17) is 4.74 Å². The first-order valence-electron chi connectivity index (χ1n) is 9.40. The lowest BCUT2D eigenvalue weighted by molar-refractivity contribution is -0.118. The molecular formula is C24H17Br2N3O3. The summed E-state index contributed by atoms with van der Waals surface area (Å²) < 4.78 is 7.14. The Morgan fingerprint density at radius 1 is 0.938 bits per heavy atom. The normalized spacial score (nSPS) is 10.7. The Kier molecular flexibility index (Phi) is 8.20. The molecule has 0 aromatic heterocycles. The molecule has 0 saturated carbocycles. The largest absolute Gasteiger partial charge is 0.484 e. The molecule has 0 saturated heterocycles. The van der Waals surface area contributed by atoms with Crippen LogP contribution < -0.4 is 15.4 Å². The number of anilines is 2. The predicted molar refractivity (Wildman–Crippen MR) is 131 cm³/mol. The lowest BCUT2D eigenvalue weighted by atomic mass is 10.1. The third-order valence-corrected chi connectivity index (χ3v) is 5.40. The van der Waals surface area contributed by atoms with E-state index in [1.165, 1.54) is 6.08 Å². The highest BCUT2D eigenvalue weighted by Gasteiger charge is 2.11. The van der Waals surface area contributed by atoms with Gasteiger partial charge >= 0.3 is 0 Å². The van der Waals surface area contributed by atoms with Gasteiger partial charge in [0.15, 0.2) is 6.61 Å². The number of carbonyl (C=O) groups excluding carboxylic acids is 2. The van der Waals surface area contributed by atoms with Gasteiger partial charge in [-0.15, -0.1) is 0 Å². The lowest BCUT2D eigenvalue weighted by Gasteiger charge is -2.08. The second-order valence-corrected chi connectivity index (χ2v) is 8.29. The fraction of sp³-hybridized carbons (Fsp3) is 0.0417. The second kappa shape index (κ2) is 11.3. The summed E-state index contributed by atoms with van der Waals surface area (Å²) in [7, 11) is 0. The molecule has 0 aliphatic rings. The van der Waals surface area contributed by atoms with Gasteiger partial charge in [-0.25, -0.2) is 0 Å². The highest BCUT2D eigenvalue weighted by Crippen LogP contribution is 2.22. The first-order chi connectivity index (χ1) is 15.4. The second-order valence-electron chi connectivity index (χ2n) is 6.52. The van der Waals surface area contributed by atoms with Crippen molar-refractivity contribution in [2.45, 2.75) is 0 Å². The molecule has 2 N–H and O–H groups in total. The van der Waals surface area contributed by atoms with Crippen molar-refractivity contribution in [1.82, 2.24) is 0 Å². The van der Waals surface area contributed by atoms with Crippen molar-refractivity contribution >= 4 is 61.1 Å². The number of nitrogens with one attached hydrogen (secondary N) is 2. The van der Waals surface area contributed by atoms with Crippen LogP contribution in [0.1, 0.15) is 5.56 Å². The Morgan fingerprint density at radius 2 is 1.62 bits per heavy atom. The zero-order valence-corrected chi connectivity index (χ0v) is 19.8. The molecular weight excluding hydrogens is 538 g/mol. The van der Waals surface area contributed by atoms with Gasteiger partial charge in [0.05, 0.1) is 5.69 Å². The average Bonchev–Trinajstić information content (AvgIpc) is 2.80. The zero-order chi connectivity index (χ0) is 22.9.